The van der Waals surface area contributed by atoms with E-state index in [4.69, 9.17) is 4.98 Å². The number of aryl methyl sites for hydroxylation is 2. The standard InChI is InChI=1S/C23H27N7O/c1-3-19-16-29-15-18(13-22(29)26-23(19)31)14-27-9-11-28(12-10-27)20-5-6-21(25-17(20)2)30-8-4-7-24-30/h4-8,13,15-16H,3,9-12,14H2,1-2H3,(H,26,31). The van der Waals surface area contributed by atoms with Crippen LogP contribution in [0.3, 0.4) is 0 Å². The van der Waals surface area contributed by atoms with Crippen LogP contribution in [0, 0.1) is 6.92 Å². The molecule has 1 saturated heterocycles. The van der Waals surface area contributed by atoms with Crippen molar-refractivity contribution in [1.82, 2.24) is 29.0 Å². The summed E-state index contributed by atoms with van der Waals surface area (Å²) in [7, 11) is 0. The van der Waals surface area contributed by atoms with Crippen LogP contribution in [0.2, 0.25) is 0 Å². The van der Waals surface area contributed by atoms with E-state index in [9.17, 15) is 4.79 Å². The zero-order chi connectivity index (χ0) is 21.4. The Bertz CT molecular complexity index is 1250. The first-order valence-electron chi connectivity index (χ1n) is 10.8. The summed E-state index contributed by atoms with van der Waals surface area (Å²) in [6, 6.07) is 8.16. The maximum atomic E-state index is 12.1. The van der Waals surface area contributed by atoms with E-state index in [-0.39, 0.29) is 5.56 Å². The number of rotatable bonds is 5. The minimum Gasteiger partial charge on any atom is -0.368 e. The number of pyridine rings is 1. The maximum Gasteiger partial charge on any atom is 0.254 e. The molecule has 5 rings (SSSR count). The van der Waals surface area contributed by atoms with Crippen molar-refractivity contribution in [1.29, 1.82) is 0 Å². The number of anilines is 1. The number of piperazine rings is 1. The highest BCUT2D eigenvalue weighted by Crippen LogP contribution is 2.22. The zero-order valence-electron chi connectivity index (χ0n) is 18.0. The van der Waals surface area contributed by atoms with Crippen LogP contribution in [-0.4, -0.2) is 55.2 Å². The van der Waals surface area contributed by atoms with Crippen LogP contribution in [-0.2, 0) is 13.0 Å². The summed E-state index contributed by atoms with van der Waals surface area (Å²) in [6.07, 6.45) is 8.47. The zero-order valence-corrected chi connectivity index (χ0v) is 18.0. The van der Waals surface area contributed by atoms with Gasteiger partial charge in [-0.3, -0.25) is 9.69 Å². The van der Waals surface area contributed by atoms with Gasteiger partial charge in [-0.1, -0.05) is 6.92 Å². The number of nitrogens with one attached hydrogen (secondary N) is 1. The molecule has 5 heterocycles. The molecule has 31 heavy (non-hydrogen) atoms. The lowest BCUT2D eigenvalue weighted by Crippen LogP contribution is -2.46. The van der Waals surface area contributed by atoms with Crippen LogP contribution < -0.4 is 10.5 Å². The molecule has 0 unspecified atom stereocenters. The van der Waals surface area contributed by atoms with Gasteiger partial charge in [-0.15, -0.1) is 0 Å². The van der Waals surface area contributed by atoms with Crippen molar-refractivity contribution in [3.05, 3.63) is 76.2 Å². The Morgan fingerprint density at radius 3 is 2.68 bits per heavy atom. The lowest BCUT2D eigenvalue weighted by molar-refractivity contribution is 0.250. The van der Waals surface area contributed by atoms with Crippen LogP contribution in [0.4, 0.5) is 5.69 Å². The average Bonchev–Trinajstić information content (AvgIpc) is 3.43. The lowest BCUT2D eigenvalue weighted by Gasteiger charge is -2.36. The number of aromatic nitrogens is 5. The average molecular weight is 418 g/mol. The summed E-state index contributed by atoms with van der Waals surface area (Å²) in [6.45, 7) is 8.86. The van der Waals surface area contributed by atoms with E-state index in [1.54, 1.807) is 10.9 Å². The van der Waals surface area contributed by atoms with Crippen LogP contribution in [0.25, 0.3) is 11.5 Å². The van der Waals surface area contributed by atoms with Crippen LogP contribution >= 0.6 is 0 Å². The molecule has 0 bridgehead atoms. The van der Waals surface area contributed by atoms with E-state index in [0.29, 0.717) is 0 Å². The molecule has 0 spiro atoms. The largest absolute Gasteiger partial charge is 0.368 e. The van der Waals surface area contributed by atoms with Gasteiger partial charge in [0, 0.05) is 63.1 Å². The Kier molecular flexibility index (Phi) is 5.07. The van der Waals surface area contributed by atoms with Gasteiger partial charge in [0.2, 0.25) is 0 Å². The Hall–Kier alpha value is -3.39. The van der Waals surface area contributed by atoms with Gasteiger partial charge in [0.05, 0.1) is 11.4 Å². The minimum absolute atomic E-state index is 0.0100. The molecular weight excluding hydrogens is 390 g/mol. The van der Waals surface area contributed by atoms with Crippen molar-refractivity contribution in [3.63, 3.8) is 0 Å². The molecule has 8 nitrogen and oxygen atoms in total. The van der Waals surface area contributed by atoms with E-state index in [0.717, 1.165) is 61.9 Å². The molecule has 8 heteroatoms. The molecule has 1 aliphatic rings. The topological polar surface area (TPSA) is 74.5 Å². The van der Waals surface area contributed by atoms with Gasteiger partial charge in [0.15, 0.2) is 5.82 Å². The highest BCUT2D eigenvalue weighted by Gasteiger charge is 2.20. The van der Waals surface area contributed by atoms with Crippen molar-refractivity contribution in [3.8, 4) is 5.82 Å². The SMILES string of the molecule is CCc1cn2cc(CN3CCN(c4ccc(-n5cccn5)nc4C)CC3)cc2[nH]c1=O. The van der Waals surface area contributed by atoms with Gasteiger partial charge in [0.1, 0.15) is 5.65 Å². The predicted molar refractivity (Wildman–Crippen MR) is 121 cm³/mol. The van der Waals surface area contributed by atoms with Crippen molar-refractivity contribution in [2.45, 2.75) is 26.8 Å². The number of aromatic amines is 1. The van der Waals surface area contributed by atoms with E-state index in [1.807, 2.05) is 35.9 Å². The molecule has 0 aliphatic carbocycles. The summed E-state index contributed by atoms with van der Waals surface area (Å²) in [4.78, 5) is 24.6. The molecule has 1 fully saturated rings. The molecule has 4 aromatic rings. The number of fused-ring (bicyclic) bond motifs is 1. The van der Waals surface area contributed by atoms with Gasteiger partial charge in [-0.05, 0) is 43.2 Å². The first-order valence-corrected chi connectivity index (χ1v) is 10.8. The van der Waals surface area contributed by atoms with Crippen molar-refractivity contribution < 1.29 is 0 Å². The molecule has 1 aliphatic heterocycles. The molecule has 0 atom stereocenters. The number of H-pyrrole nitrogens is 1. The van der Waals surface area contributed by atoms with E-state index >= 15 is 0 Å². The fourth-order valence-corrected chi connectivity index (χ4v) is 4.32. The monoisotopic (exact) mass is 417 g/mol. The second-order valence-corrected chi connectivity index (χ2v) is 8.09. The van der Waals surface area contributed by atoms with Crippen molar-refractivity contribution in [2.75, 3.05) is 31.1 Å². The second kappa shape index (κ2) is 8.03. The minimum atomic E-state index is 0.0100. The fraction of sp³-hybridized carbons (Fsp3) is 0.348. The third-order valence-corrected chi connectivity index (χ3v) is 6.02. The molecule has 1 N–H and O–H groups in total. The lowest BCUT2D eigenvalue weighted by atomic mass is 10.2. The molecule has 0 saturated carbocycles. The normalized spacial score (nSPS) is 15.1. The summed E-state index contributed by atoms with van der Waals surface area (Å²) in [5, 5.41) is 4.26. The molecule has 0 aromatic carbocycles. The first kappa shape index (κ1) is 19.6. The van der Waals surface area contributed by atoms with E-state index in [2.05, 4.69) is 45.1 Å². The third-order valence-electron chi connectivity index (χ3n) is 6.02. The highest BCUT2D eigenvalue weighted by molar-refractivity contribution is 5.53. The molecule has 0 radical (unpaired) electrons. The molecular formula is C23H27N7O. The summed E-state index contributed by atoms with van der Waals surface area (Å²) >= 11 is 0. The molecule has 4 aromatic heterocycles. The van der Waals surface area contributed by atoms with Gasteiger partial charge < -0.3 is 14.3 Å². The maximum absolute atomic E-state index is 12.1. The van der Waals surface area contributed by atoms with Crippen LogP contribution in [0.15, 0.2) is 53.8 Å². The van der Waals surface area contributed by atoms with Gasteiger partial charge in [-0.2, -0.15) is 5.10 Å². The van der Waals surface area contributed by atoms with Gasteiger partial charge in [-0.25, -0.2) is 9.67 Å². The van der Waals surface area contributed by atoms with Crippen LogP contribution in [0.1, 0.15) is 23.7 Å². The summed E-state index contributed by atoms with van der Waals surface area (Å²) in [5.74, 6) is 0.843. The van der Waals surface area contributed by atoms with Gasteiger partial charge in [0.25, 0.3) is 5.56 Å². The smallest absolute Gasteiger partial charge is 0.254 e. The first-order chi connectivity index (χ1) is 15.1. The fourth-order valence-electron chi connectivity index (χ4n) is 4.32. The Labute approximate surface area is 180 Å². The highest BCUT2D eigenvalue weighted by atomic mass is 16.1. The molecule has 0 amide bonds. The number of hydrogen-bond donors (Lipinski definition) is 1. The molecule has 160 valence electrons. The summed E-state index contributed by atoms with van der Waals surface area (Å²) < 4.78 is 3.81. The summed E-state index contributed by atoms with van der Waals surface area (Å²) in [5.41, 5.74) is 5.11. The van der Waals surface area contributed by atoms with Crippen molar-refractivity contribution >= 4 is 11.3 Å². The Morgan fingerprint density at radius 2 is 1.97 bits per heavy atom. The van der Waals surface area contributed by atoms with E-state index in [1.165, 1.54) is 11.3 Å². The van der Waals surface area contributed by atoms with Gasteiger partial charge >= 0.3 is 0 Å². The second-order valence-electron chi connectivity index (χ2n) is 8.09. The number of hydrogen-bond acceptors (Lipinski definition) is 5. The Morgan fingerprint density at radius 1 is 1.13 bits per heavy atom. The van der Waals surface area contributed by atoms with E-state index < -0.39 is 0 Å². The van der Waals surface area contributed by atoms with Crippen molar-refractivity contribution in [2.24, 2.45) is 0 Å². The third kappa shape index (κ3) is 3.86. The number of nitrogens with zero attached hydrogens (tertiary/aromatic N) is 6. The quantitative estimate of drug-likeness (QED) is 0.540. The van der Waals surface area contributed by atoms with Crippen LogP contribution in [0.5, 0.6) is 0 Å². The predicted octanol–water partition coefficient (Wildman–Crippen LogP) is 2.40. The Balaban J connectivity index is 1.24.